The average molecular weight is 316 g/mol. The van der Waals surface area contributed by atoms with E-state index in [2.05, 4.69) is 32.3 Å². The van der Waals surface area contributed by atoms with Gasteiger partial charge in [0.05, 0.1) is 16.9 Å². The third-order valence-corrected chi connectivity index (χ3v) is 3.77. The summed E-state index contributed by atoms with van der Waals surface area (Å²) >= 11 is 3.48. The minimum absolute atomic E-state index is 0.589. The van der Waals surface area contributed by atoms with Crippen molar-refractivity contribution in [3.8, 4) is 6.07 Å². The van der Waals surface area contributed by atoms with Crippen LogP contribution >= 0.6 is 15.9 Å². The molecule has 0 unspecified atom stereocenters. The number of hydrogen-bond donors (Lipinski definition) is 1. The van der Waals surface area contributed by atoms with Crippen LogP contribution in [0.1, 0.15) is 22.5 Å². The molecule has 3 nitrogen and oxygen atoms in total. The van der Waals surface area contributed by atoms with Crippen molar-refractivity contribution in [2.45, 2.75) is 20.8 Å². The molecule has 0 atom stereocenters. The lowest BCUT2D eigenvalue weighted by atomic mass is 10.1. The van der Waals surface area contributed by atoms with Gasteiger partial charge in [0.25, 0.3) is 0 Å². The maximum Gasteiger partial charge on any atom is 0.103 e. The molecular weight excluding hydrogens is 302 g/mol. The number of halogens is 1. The lowest BCUT2D eigenvalue weighted by molar-refractivity contribution is 1.11. The van der Waals surface area contributed by atoms with Crippen molar-refractivity contribution in [1.29, 1.82) is 5.26 Å². The van der Waals surface area contributed by atoms with Crippen LogP contribution in [-0.4, -0.2) is 4.98 Å². The fourth-order valence-corrected chi connectivity index (χ4v) is 2.19. The van der Waals surface area contributed by atoms with Crippen LogP contribution in [0.15, 0.2) is 28.7 Å². The van der Waals surface area contributed by atoms with E-state index in [1.165, 1.54) is 0 Å². The van der Waals surface area contributed by atoms with Gasteiger partial charge in [0.15, 0.2) is 0 Å². The third kappa shape index (κ3) is 2.94. The fraction of sp³-hybridized carbons (Fsp3) is 0.200. The van der Waals surface area contributed by atoms with E-state index in [1.54, 1.807) is 0 Å². The van der Waals surface area contributed by atoms with Gasteiger partial charge in [-0.25, -0.2) is 0 Å². The molecule has 0 aliphatic heterocycles. The van der Waals surface area contributed by atoms with E-state index >= 15 is 0 Å². The zero-order chi connectivity index (χ0) is 14.0. The van der Waals surface area contributed by atoms with Gasteiger partial charge in [-0.2, -0.15) is 5.26 Å². The first-order chi connectivity index (χ1) is 9.01. The van der Waals surface area contributed by atoms with Crippen LogP contribution < -0.4 is 5.32 Å². The summed E-state index contributed by atoms with van der Waals surface area (Å²) in [7, 11) is 0. The van der Waals surface area contributed by atoms with Gasteiger partial charge >= 0.3 is 0 Å². The van der Waals surface area contributed by atoms with Gasteiger partial charge in [-0.05, 0) is 50.6 Å². The maximum atomic E-state index is 9.23. The molecule has 2 rings (SSSR count). The number of nitrogens with zero attached hydrogens (tertiary/aromatic N) is 2. The Labute approximate surface area is 121 Å². The zero-order valence-electron chi connectivity index (χ0n) is 11.1. The Bertz CT molecular complexity index is 672. The molecule has 0 bridgehead atoms. The van der Waals surface area contributed by atoms with E-state index < -0.39 is 0 Å². The number of anilines is 2. The monoisotopic (exact) mass is 315 g/mol. The van der Waals surface area contributed by atoms with Crippen molar-refractivity contribution in [2.24, 2.45) is 0 Å². The van der Waals surface area contributed by atoms with Crippen LogP contribution in [0.25, 0.3) is 0 Å². The quantitative estimate of drug-likeness (QED) is 0.894. The van der Waals surface area contributed by atoms with Gasteiger partial charge in [0, 0.05) is 15.9 Å². The molecule has 96 valence electrons. The molecule has 4 heteroatoms. The minimum atomic E-state index is 0.589. The molecule has 1 N–H and O–H groups in total. The van der Waals surface area contributed by atoms with Crippen molar-refractivity contribution in [2.75, 3.05) is 5.32 Å². The normalized spacial score (nSPS) is 10.1. The van der Waals surface area contributed by atoms with Crippen molar-refractivity contribution >= 4 is 27.3 Å². The number of aromatic nitrogens is 1. The molecule has 19 heavy (non-hydrogen) atoms. The summed E-state index contributed by atoms with van der Waals surface area (Å²) in [4.78, 5) is 4.31. The highest BCUT2D eigenvalue weighted by atomic mass is 79.9. The maximum absolute atomic E-state index is 9.23. The van der Waals surface area contributed by atoms with Gasteiger partial charge in [-0.3, -0.25) is 4.98 Å². The fourth-order valence-electron chi connectivity index (χ4n) is 1.95. The first kappa shape index (κ1) is 13.6. The summed E-state index contributed by atoms with van der Waals surface area (Å²) in [5.41, 5.74) is 5.14. The Morgan fingerprint density at radius 3 is 2.58 bits per heavy atom. The van der Waals surface area contributed by atoms with Crippen molar-refractivity contribution in [3.63, 3.8) is 0 Å². The standard InChI is InChI=1S/C15H14BrN3/c1-9-6-12(4-5-14(9)16)19-15-7-10(2)18-11(3)13(15)8-17/h4-7H,1-3H3,(H,18,19). The average Bonchev–Trinajstić information content (AvgIpc) is 2.33. The van der Waals surface area contributed by atoms with Crippen molar-refractivity contribution in [1.82, 2.24) is 4.98 Å². The molecule has 0 saturated carbocycles. The molecule has 0 aliphatic rings. The van der Waals surface area contributed by atoms with E-state index in [9.17, 15) is 5.26 Å². The van der Waals surface area contributed by atoms with Crippen LogP contribution in [0, 0.1) is 32.1 Å². The summed E-state index contributed by atoms with van der Waals surface area (Å²) in [5, 5.41) is 12.5. The molecule has 0 saturated heterocycles. The summed E-state index contributed by atoms with van der Waals surface area (Å²) < 4.78 is 1.07. The van der Waals surface area contributed by atoms with Crippen molar-refractivity contribution < 1.29 is 0 Å². The SMILES string of the molecule is Cc1cc(Nc2ccc(Br)c(C)c2)c(C#N)c(C)n1. The second kappa shape index (κ2) is 5.41. The number of nitrogens with one attached hydrogen (secondary N) is 1. The summed E-state index contributed by atoms with van der Waals surface area (Å²) in [6.07, 6.45) is 0. The first-order valence-corrected chi connectivity index (χ1v) is 6.72. The Morgan fingerprint density at radius 1 is 1.21 bits per heavy atom. The smallest absolute Gasteiger partial charge is 0.103 e. The largest absolute Gasteiger partial charge is 0.354 e. The summed E-state index contributed by atoms with van der Waals surface area (Å²) in [6, 6.07) is 10.1. The number of rotatable bonds is 2. The van der Waals surface area contributed by atoms with Crippen LogP contribution in [0.4, 0.5) is 11.4 Å². The number of pyridine rings is 1. The lowest BCUT2D eigenvalue weighted by Gasteiger charge is -2.12. The molecule has 0 aliphatic carbocycles. The van der Waals surface area contributed by atoms with Crippen LogP contribution in [0.2, 0.25) is 0 Å². The number of benzene rings is 1. The van der Waals surface area contributed by atoms with Crippen molar-refractivity contribution in [3.05, 3.63) is 51.3 Å². The highest BCUT2D eigenvalue weighted by molar-refractivity contribution is 9.10. The Balaban J connectivity index is 2.43. The number of aryl methyl sites for hydroxylation is 3. The van der Waals surface area contributed by atoms with Gasteiger partial charge in [-0.15, -0.1) is 0 Å². The molecular formula is C15H14BrN3. The van der Waals surface area contributed by atoms with E-state index in [4.69, 9.17) is 0 Å². The van der Waals surface area contributed by atoms with E-state index in [-0.39, 0.29) is 0 Å². The molecule has 0 spiro atoms. The predicted octanol–water partition coefficient (Wildman–Crippen LogP) is 4.38. The molecule has 1 aromatic carbocycles. The number of nitriles is 1. The topological polar surface area (TPSA) is 48.7 Å². The van der Waals surface area contributed by atoms with Crippen LogP contribution in [0.3, 0.4) is 0 Å². The van der Waals surface area contributed by atoms with E-state index in [0.29, 0.717) is 5.56 Å². The van der Waals surface area contributed by atoms with E-state index in [0.717, 1.165) is 32.8 Å². The van der Waals surface area contributed by atoms with Gasteiger partial charge in [0.1, 0.15) is 6.07 Å². The minimum Gasteiger partial charge on any atom is -0.354 e. The van der Waals surface area contributed by atoms with Gasteiger partial charge < -0.3 is 5.32 Å². The highest BCUT2D eigenvalue weighted by Gasteiger charge is 2.08. The Kier molecular flexibility index (Phi) is 3.87. The van der Waals surface area contributed by atoms with Crippen LogP contribution in [0.5, 0.6) is 0 Å². The highest BCUT2D eigenvalue weighted by Crippen LogP contribution is 2.26. The molecule has 0 amide bonds. The summed E-state index contributed by atoms with van der Waals surface area (Å²) in [5.74, 6) is 0. The second-order valence-corrected chi connectivity index (χ2v) is 5.33. The molecule has 1 heterocycles. The van der Waals surface area contributed by atoms with Gasteiger partial charge in [-0.1, -0.05) is 15.9 Å². The van der Waals surface area contributed by atoms with E-state index in [1.807, 2.05) is 45.0 Å². The Hall–Kier alpha value is -1.86. The second-order valence-electron chi connectivity index (χ2n) is 4.47. The van der Waals surface area contributed by atoms with Crippen LogP contribution in [-0.2, 0) is 0 Å². The molecule has 0 fully saturated rings. The third-order valence-electron chi connectivity index (χ3n) is 2.88. The zero-order valence-corrected chi connectivity index (χ0v) is 12.7. The lowest BCUT2D eigenvalue weighted by Crippen LogP contribution is -1.99. The molecule has 1 aromatic heterocycles. The predicted molar refractivity (Wildman–Crippen MR) is 80.6 cm³/mol. The molecule has 2 aromatic rings. The Morgan fingerprint density at radius 2 is 1.95 bits per heavy atom. The molecule has 0 radical (unpaired) electrons. The van der Waals surface area contributed by atoms with Gasteiger partial charge in [0.2, 0.25) is 0 Å². The summed E-state index contributed by atoms with van der Waals surface area (Å²) in [6.45, 7) is 5.80. The number of hydrogen-bond acceptors (Lipinski definition) is 3. The first-order valence-electron chi connectivity index (χ1n) is 5.93.